The fourth-order valence-corrected chi connectivity index (χ4v) is 4.15. The van der Waals surface area contributed by atoms with E-state index in [2.05, 4.69) is 20.8 Å². The van der Waals surface area contributed by atoms with Crippen LogP contribution in [0.25, 0.3) is 0 Å². The summed E-state index contributed by atoms with van der Waals surface area (Å²) < 4.78 is 0. The molecule has 0 heterocycles. The van der Waals surface area contributed by atoms with Gasteiger partial charge in [-0.15, -0.1) is 0 Å². The van der Waals surface area contributed by atoms with Crippen molar-refractivity contribution in [2.24, 2.45) is 5.41 Å². The molecule has 0 aromatic rings. The predicted octanol–water partition coefficient (Wildman–Crippen LogP) is 3.18. The van der Waals surface area contributed by atoms with Gasteiger partial charge in [-0.05, 0) is 31.1 Å². The second-order valence-electron chi connectivity index (χ2n) is 5.97. The van der Waals surface area contributed by atoms with E-state index in [1.807, 2.05) is 0 Å². The first-order valence-electron chi connectivity index (χ1n) is 7.20. The highest BCUT2D eigenvalue weighted by molar-refractivity contribution is 9.09. The third-order valence-electron chi connectivity index (χ3n) is 4.71. The summed E-state index contributed by atoms with van der Waals surface area (Å²) in [5.74, 6) is 0. The van der Waals surface area contributed by atoms with E-state index in [9.17, 15) is 5.11 Å². The lowest BCUT2D eigenvalue weighted by atomic mass is 9.69. The van der Waals surface area contributed by atoms with Gasteiger partial charge in [0.2, 0.25) is 0 Å². The zero-order valence-electron chi connectivity index (χ0n) is 10.8. The maximum atomic E-state index is 9.27. The SMILES string of the molecule is OCCN(CC1(CBr)CCC1)C1CCCCC1. The summed E-state index contributed by atoms with van der Waals surface area (Å²) in [5, 5.41) is 10.4. The van der Waals surface area contributed by atoms with Crippen LogP contribution in [0.2, 0.25) is 0 Å². The van der Waals surface area contributed by atoms with E-state index in [-0.39, 0.29) is 0 Å². The molecule has 3 heteroatoms. The number of aliphatic hydroxyl groups is 1. The lowest BCUT2D eigenvalue weighted by Crippen LogP contribution is -2.49. The molecule has 0 unspecified atom stereocenters. The molecule has 0 aromatic heterocycles. The highest BCUT2D eigenvalue weighted by Gasteiger charge is 2.38. The quantitative estimate of drug-likeness (QED) is 0.762. The van der Waals surface area contributed by atoms with Crippen LogP contribution in [0.15, 0.2) is 0 Å². The zero-order valence-corrected chi connectivity index (χ0v) is 12.4. The zero-order chi connectivity index (χ0) is 12.1. The van der Waals surface area contributed by atoms with Crippen molar-refractivity contribution in [1.29, 1.82) is 0 Å². The molecule has 2 rings (SSSR count). The van der Waals surface area contributed by atoms with Crippen molar-refractivity contribution in [3.05, 3.63) is 0 Å². The lowest BCUT2D eigenvalue weighted by Gasteiger charge is -2.46. The van der Waals surface area contributed by atoms with Crippen molar-refractivity contribution >= 4 is 15.9 Å². The Bertz CT molecular complexity index is 219. The molecule has 2 fully saturated rings. The standard InChI is InChI=1S/C14H26BrNO/c15-11-14(7-4-8-14)12-16(9-10-17)13-5-2-1-3-6-13/h13,17H,1-12H2. The minimum absolute atomic E-state index is 0.314. The number of rotatable bonds is 6. The first-order valence-corrected chi connectivity index (χ1v) is 8.33. The van der Waals surface area contributed by atoms with Gasteiger partial charge in [0.25, 0.3) is 0 Å². The molecular weight excluding hydrogens is 278 g/mol. The number of alkyl halides is 1. The second-order valence-corrected chi connectivity index (χ2v) is 6.53. The van der Waals surface area contributed by atoms with Gasteiger partial charge in [0, 0.05) is 24.5 Å². The van der Waals surface area contributed by atoms with E-state index in [0.717, 1.165) is 17.9 Å². The Balaban J connectivity index is 1.91. The molecule has 0 atom stereocenters. The number of nitrogens with zero attached hydrogens (tertiary/aromatic N) is 1. The van der Waals surface area contributed by atoms with Gasteiger partial charge in [-0.1, -0.05) is 41.6 Å². The van der Waals surface area contributed by atoms with Crippen molar-refractivity contribution in [3.8, 4) is 0 Å². The van der Waals surface area contributed by atoms with E-state index in [1.54, 1.807) is 0 Å². The van der Waals surface area contributed by atoms with Crippen molar-refractivity contribution in [2.75, 3.05) is 25.0 Å². The van der Waals surface area contributed by atoms with Crippen molar-refractivity contribution < 1.29 is 5.11 Å². The van der Waals surface area contributed by atoms with Crippen LogP contribution in [0, 0.1) is 5.41 Å². The topological polar surface area (TPSA) is 23.5 Å². The first kappa shape index (κ1) is 13.8. The lowest BCUT2D eigenvalue weighted by molar-refractivity contribution is 0.0409. The molecule has 0 amide bonds. The van der Waals surface area contributed by atoms with Gasteiger partial charge < -0.3 is 5.11 Å². The van der Waals surface area contributed by atoms with E-state index in [4.69, 9.17) is 0 Å². The van der Waals surface area contributed by atoms with Crippen LogP contribution >= 0.6 is 15.9 Å². The largest absolute Gasteiger partial charge is 0.395 e. The second kappa shape index (κ2) is 6.53. The Morgan fingerprint density at radius 2 is 1.82 bits per heavy atom. The van der Waals surface area contributed by atoms with Gasteiger partial charge >= 0.3 is 0 Å². The van der Waals surface area contributed by atoms with Crippen LogP contribution in [-0.4, -0.2) is 41.1 Å². The third kappa shape index (κ3) is 3.45. The minimum atomic E-state index is 0.314. The van der Waals surface area contributed by atoms with Crippen molar-refractivity contribution in [2.45, 2.75) is 57.4 Å². The molecule has 0 aliphatic heterocycles. The van der Waals surface area contributed by atoms with Gasteiger partial charge in [0.1, 0.15) is 0 Å². The summed E-state index contributed by atoms with van der Waals surface area (Å²) in [4.78, 5) is 2.58. The Hall–Kier alpha value is 0.400. The van der Waals surface area contributed by atoms with E-state index in [1.165, 1.54) is 57.9 Å². The Labute approximate surface area is 114 Å². The molecule has 2 aliphatic carbocycles. The Morgan fingerprint density at radius 1 is 1.12 bits per heavy atom. The summed E-state index contributed by atoms with van der Waals surface area (Å²) in [7, 11) is 0. The molecule has 100 valence electrons. The number of halogens is 1. The van der Waals surface area contributed by atoms with Gasteiger partial charge in [0.15, 0.2) is 0 Å². The van der Waals surface area contributed by atoms with E-state index in [0.29, 0.717) is 12.0 Å². The molecule has 2 aliphatic rings. The van der Waals surface area contributed by atoms with Crippen LogP contribution in [0.1, 0.15) is 51.4 Å². The number of hydrogen-bond donors (Lipinski definition) is 1. The van der Waals surface area contributed by atoms with Gasteiger partial charge in [0.05, 0.1) is 6.61 Å². The van der Waals surface area contributed by atoms with Gasteiger partial charge in [-0.3, -0.25) is 4.90 Å². The molecule has 0 aromatic carbocycles. The smallest absolute Gasteiger partial charge is 0.0558 e. The molecule has 0 bridgehead atoms. The van der Waals surface area contributed by atoms with Crippen molar-refractivity contribution in [3.63, 3.8) is 0 Å². The molecule has 17 heavy (non-hydrogen) atoms. The highest BCUT2D eigenvalue weighted by Crippen LogP contribution is 2.43. The monoisotopic (exact) mass is 303 g/mol. The fourth-order valence-electron chi connectivity index (χ4n) is 3.41. The summed E-state index contributed by atoms with van der Waals surface area (Å²) in [6, 6.07) is 0.743. The normalized spacial score (nSPS) is 24.9. The number of aliphatic hydroxyl groups excluding tert-OH is 1. The predicted molar refractivity (Wildman–Crippen MR) is 75.6 cm³/mol. The summed E-state index contributed by atoms with van der Waals surface area (Å²) in [6.07, 6.45) is 11.0. The maximum Gasteiger partial charge on any atom is 0.0558 e. The summed E-state index contributed by atoms with van der Waals surface area (Å²) in [5.41, 5.74) is 0.520. The Morgan fingerprint density at radius 3 is 2.29 bits per heavy atom. The fraction of sp³-hybridized carbons (Fsp3) is 1.00. The molecular formula is C14H26BrNO. The van der Waals surface area contributed by atoms with Crippen LogP contribution in [0.4, 0.5) is 0 Å². The Kier molecular flexibility index (Phi) is 5.31. The average Bonchev–Trinajstić information content (AvgIpc) is 2.33. The maximum absolute atomic E-state index is 9.27. The summed E-state index contributed by atoms with van der Waals surface area (Å²) >= 11 is 3.70. The molecule has 2 saturated carbocycles. The minimum Gasteiger partial charge on any atom is -0.395 e. The van der Waals surface area contributed by atoms with Crippen LogP contribution in [-0.2, 0) is 0 Å². The van der Waals surface area contributed by atoms with E-state index >= 15 is 0 Å². The van der Waals surface area contributed by atoms with Gasteiger partial charge in [-0.25, -0.2) is 0 Å². The first-order chi connectivity index (χ1) is 8.29. The van der Waals surface area contributed by atoms with Gasteiger partial charge in [-0.2, -0.15) is 0 Å². The molecule has 0 radical (unpaired) electrons. The molecule has 0 saturated heterocycles. The summed E-state index contributed by atoms with van der Waals surface area (Å²) in [6.45, 7) is 2.39. The van der Waals surface area contributed by atoms with Crippen LogP contribution in [0.5, 0.6) is 0 Å². The van der Waals surface area contributed by atoms with E-state index < -0.39 is 0 Å². The average molecular weight is 304 g/mol. The molecule has 0 spiro atoms. The van der Waals surface area contributed by atoms with Crippen LogP contribution in [0.3, 0.4) is 0 Å². The number of hydrogen-bond acceptors (Lipinski definition) is 2. The van der Waals surface area contributed by atoms with Crippen LogP contribution < -0.4 is 0 Å². The third-order valence-corrected chi connectivity index (χ3v) is 5.90. The van der Waals surface area contributed by atoms with Crippen molar-refractivity contribution in [1.82, 2.24) is 4.90 Å². The molecule has 2 nitrogen and oxygen atoms in total. The highest BCUT2D eigenvalue weighted by atomic mass is 79.9. The molecule has 1 N–H and O–H groups in total.